The van der Waals surface area contributed by atoms with Crippen LogP contribution in [0.1, 0.15) is 0 Å². The van der Waals surface area contributed by atoms with Gasteiger partial charge < -0.3 is 10.5 Å². The highest BCUT2D eigenvalue weighted by Gasteiger charge is 2.09. The van der Waals surface area contributed by atoms with E-state index in [4.69, 9.17) is 10.5 Å². The topological polar surface area (TPSA) is 81.4 Å². The molecule has 0 atom stereocenters. The van der Waals surface area contributed by atoms with Gasteiger partial charge in [0, 0.05) is 6.54 Å². The molecule has 0 fully saturated rings. The lowest BCUT2D eigenvalue weighted by atomic mass is 10.3. The summed E-state index contributed by atoms with van der Waals surface area (Å²) in [6.07, 6.45) is 1.48. The normalized spacial score (nSPS) is 11.1. The first-order valence-electron chi connectivity index (χ1n) is 5.11. The number of anilines is 1. The molecule has 0 bridgehead atoms. The van der Waals surface area contributed by atoms with Crippen molar-refractivity contribution in [3.05, 3.63) is 36.9 Å². The summed E-state index contributed by atoms with van der Waals surface area (Å²) in [5, 5.41) is 0. The lowest BCUT2D eigenvalue weighted by molar-refractivity contribution is 0.342. The van der Waals surface area contributed by atoms with Gasteiger partial charge in [-0.15, -0.1) is 6.58 Å². The van der Waals surface area contributed by atoms with Gasteiger partial charge in [-0.2, -0.15) is 0 Å². The van der Waals surface area contributed by atoms with Gasteiger partial charge in [-0.3, -0.25) is 0 Å². The van der Waals surface area contributed by atoms with Crippen molar-refractivity contribution in [1.29, 1.82) is 0 Å². The summed E-state index contributed by atoms with van der Waals surface area (Å²) < 4.78 is 30.4. The number of nitrogen functional groups attached to an aromatic ring is 1. The highest BCUT2D eigenvalue weighted by molar-refractivity contribution is 7.89. The van der Waals surface area contributed by atoms with Crippen molar-refractivity contribution in [2.45, 2.75) is 0 Å². The summed E-state index contributed by atoms with van der Waals surface area (Å²) in [6.45, 7) is 3.70. The van der Waals surface area contributed by atoms with E-state index in [9.17, 15) is 8.42 Å². The van der Waals surface area contributed by atoms with Crippen molar-refractivity contribution in [3.8, 4) is 5.75 Å². The second-order valence-electron chi connectivity index (χ2n) is 3.34. The standard InChI is InChI=1S/C11H16N2O3S/c1-2-7-13-17(14,15)9-8-16-11-6-4-3-5-10(11)12/h2-6,13H,1,7-9,12H2. The number of hydrogen-bond acceptors (Lipinski definition) is 4. The Morgan fingerprint density at radius 3 is 2.76 bits per heavy atom. The molecular weight excluding hydrogens is 240 g/mol. The summed E-state index contributed by atoms with van der Waals surface area (Å²) >= 11 is 0. The summed E-state index contributed by atoms with van der Waals surface area (Å²) in [4.78, 5) is 0. The van der Waals surface area contributed by atoms with E-state index in [1.165, 1.54) is 6.08 Å². The van der Waals surface area contributed by atoms with Crippen molar-refractivity contribution in [2.75, 3.05) is 24.6 Å². The van der Waals surface area contributed by atoms with Crippen molar-refractivity contribution in [1.82, 2.24) is 4.72 Å². The van der Waals surface area contributed by atoms with Crippen LogP contribution in [-0.2, 0) is 10.0 Å². The zero-order valence-corrected chi connectivity index (χ0v) is 10.2. The minimum absolute atomic E-state index is 0.0562. The number of sulfonamides is 1. The minimum Gasteiger partial charge on any atom is -0.490 e. The first-order valence-corrected chi connectivity index (χ1v) is 6.76. The fraction of sp³-hybridized carbons (Fsp3) is 0.273. The smallest absolute Gasteiger partial charge is 0.215 e. The van der Waals surface area contributed by atoms with E-state index < -0.39 is 10.0 Å². The molecule has 0 aliphatic carbocycles. The van der Waals surface area contributed by atoms with Gasteiger partial charge in [0.2, 0.25) is 10.0 Å². The predicted molar refractivity (Wildman–Crippen MR) is 68.3 cm³/mol. The van der Waals surface area contributed by atoms with Crippen LogP contribution in [0.2, 0.25) is 0 Å². The number of hydrogen-bond donors (Lipinski definition) is 2. The number of nitrogens with one attached hydrogen (secondary N) is 1. The molecule has 94 valence electrons. The predicted octanol–water partition coefficient (Wildman–Crippen LogP) is 0.753. The zero-order chi connectivity index (χ0) is 12.7. The van der Waals surface area contributed by atoms with Gasteiger partial charge >= 0.3 is 0 Å². The molecule has 6 heteroatoms. The minimum atomic E-state index is -3.31. The fourth-order valence-corrected chi connectivity index (χ4v) is 1.95. The van der Waals surface area contributed by atoms with Crippen LogP contribution < -0.4 is 15.2 Å². The molecule has 1 aromatic carbocycles. The Kier molecular flexibility index (Phi) is 4.99. The quantitative estimate of drug-likeness (QED) is 0.557. The molecule has 5 nitrogen and oxygen atoms in total. The Labute approximate surface area is 101 Å². The van der Waals surface area contributed by atoms with Crippen molar-refractivity contribution >= 4 is 15.7 Å². The lowest BCUT2D eigenvalue weighted by Crippen LogP contribution is -2.29. The lowest BCUT2D eigenvalue weighted by Gasteiger charge is -2.09. The van der Waals surface area contributed by atoms with Gasteiger partial charge in [0.1, 0.15) is 12.4 Å². The fourth-order valence-electron chi connectivity index (χ4n) is 1.13. The van der Waals surface area contributed by atoms with Crippen molar-refractivity contribution in [3.63, 3.8) is 0 Å². The molecule has 17 heavy (non-hydrogen) atoms. The Balaban J connectivity index is 2.43. The largest absolute Gasteiger partial charge is 0.490 e. The summed E-state index contributed by atoms with van der Waals surface area (Å²) in [5.41, 5.74) is 6.14. The van der Waals surface area contributed by atoms with E-state index in [1.807, 2.05) is 0 Å². The SMILES string of the molecule is C=CCNS(=O)(=O)CCOc1ccccc1N. The molecular formula is C11H16N2O3S. The maximum absolute atomic E-state index is 11.4. The summed E-state index contributed by atoms with van der Waals surface area (Å²) in [5.74, 6) is 0.376. The molecule has 0 aliphatic heterocycles. The van der Waals surface area contributed by atoms with E-state index >= 15 is 0 Å². The Morgan fingerprint density at radius 1 is 1.41 bits per heavy atom. The number of rotatable bonds is 7. The van der Waals surface area contributed by atoms with Gasteiger partial charge in [0.25, 0.3) is 0 Å². The Bertz CT molecular complexity index is 471. The number of benzene rings is 1. The molecule has 0 saturated heterocycles. The second kappa shape index (κ2) is 6.27. The maximum Gasteiger partial charge on any atom is 0.215 e. The van der Waals surface area contributed by atoms with Gasteiger partial charge in [-0.1, -0.05) is 18.2 Å². The molecule has 0 amide bonds. The third-order valence-corrected chi connectivity index (χ3v) is 3.29. The maximum atomic E-state index is 11.4. The molecule has 0 aliphatic rings. The van der Waals surface area contributed by atoms with Gasteiger partial charge in [-0.05, 0) is 12.1 Å². The van der Waals surface area contributed by atoms with Crippen LogP contribution in [0.5, 0.6) is 5.75 Å². The van der Waals surface area contributed by atoms with Gasteiger partial charge in [0.15, 0.2) is 0 Å². The van der Waals surface area contributed by atoms with Crippen LogP contribution in [0.3, 0.4) is 0 Å². The molecule has 0 unspecified atom stereocenters. The first-order chi connectivity index (χ1) is 8.05. The van der Waals surface area contributed by atoms with E-state index in [2.05, 4.69) is 11.3 Å². The van der Waals surface area contributed by atoms with Crippen LogP contribution in [0, 0.1) is 0 Å². The van der Waals surface area contributed by atoms with E-state index in [-0.39, 0.29) is 18.9 Å². The molecule has 0 radical (unpaired) electrons. The molecule has 0 heterocycles. The summed E-state index contributed by atoms with van der Waals surface area (Å²) in [7, 11) is -3.31. The highest BCUT2D eigenvalue weighted by Crippen LogP contribution is 2.19. The average molecular weight is 256 g/mol. The van der Waals surface area contributed by atoms with Crippen LogP contribution in [0.25, 0.3) is 0 Å². The molecule has 0 saturated carbocycles. The highest BCUT2D eigenvalue weighted by atomic mass is 32.2. The van der Waals surface area contributed by atoms with E-state index in [0.29, 0.717) is 11.4 Å². The Morgan fingerprint density at radius 2 is 2.12 bits per heavy atom. The van der Waals surface area contributed by atoms with Crippen molar-refractivity contribution < 1.29 is 13.2 Å². The van der Waals surface area contributed by atoms with Crippen LogP contribution in [0.15, 0.2) is 36.9 Å². The zero-order valence-electron chi connectivity index (χ0n) is 9.43. The number of para-hydroxylation sites is 2. The van der Waals surface area contributed by atoms with Crippen molar-refractivity contribution in [2.24, 2.45) is 0 Å². The molecule has 1 rings (SSSR count). The van der Waals surface area contributed by atoms with E-state index in [1.54, 1.807) is 24.3 Å². The monoisotopic (exact) mass is 256 g/mol. The third kappa shape index (κ3) is 4.88. The first kappa shape index (κ1) is 13.5. The van der Waals surface area contributed by atoms with E-state index in [0.717, 1.165) is 0 Å². The van der Waals surface area contributed by atoms with Gasteiger partial charge in [0.05, 0.1) is 11.4 Å². The van der Waals surface area contributed by atoms with Crippen LogP contribution in [0.4, 0.5) is 5.69 Å². The number of nitrogens with two attached hydrogens (primary N) is 1. The van der Waals surface area contributed by atoms with Crippen LogP contribution in [-0.4, -0.2) is 27.3 Å². The molecule has 3 N–H and O–H groups in total. The van der Waals surface area contributed by atoms with Gasteiger partial charge in [-0.25, -0.2) is 13.1 Å². The third-order valence-electron chi connectivity index (χ3n) is 1.98. The molecule has 0 aromatic heterocycles. The average Bonchev–Trinajstić information content (AvgIpc) is 2.29. The second-order valence-corrected chi connectivity index (χ2v) is 5.27. The summed E-state index contributed by atoms with van der Waals surface area (Å²) in [6, 6.07) is 6.94. The molecule has 0 spiro atoms. The van der Waals surface area contributed by atoms with Crippen LogP contribution >= 0.6 is 0 Å². The molecule has 1 aromatic rings. The number of ether oxygens (including phenoxy) is 1. The Hall–Kier alpha value is -1.53.